The van der Waals surface area contributed by atoms with Crippen molar-refractivity contribution in [2.45, 2.75) is 52.9 Å². The van der Waals surface area contributed by atoms with E-state index in [2.05, 4.69) is 55.6 Å². The topological polar surface area (TPSA) is 92.9 Å². The zero-order chi connectivity index (χ0) is 25.8. The van der Waals surface area contributed by atoms with E-state index >= 15 is 0 Å². The van der Waals surface area contributed by atoms with Gasteiger partial charge in [0.05, 0.1) is 27.0 Å². The van der Waals surface area contributed by atoms with Gasteiger partial charge in [-0.15, -0.1) is 21.5 Å². The van der Waals surface area contributed by atoms with Crippen LogP contribution < -0.4 is 10.6 Å². The van der Waals surface area contributed by atoms with Crippen molar-refractivity contribution in [3.63, 3.8) is 0 Å². The number of halogens is 2. The smallest absolute Gasteiger partial charge is 0.250 e. The third-order valence-electron chi connectivity index (χ3n) is 5.80. The Morgan fingerprint density at radius 2 is 1.97 bits per heavy atom. The largest absolute Gasteiger partial charge is 0.421 e. The quantitative estimate of drug-likeness (QED) is 0.331. The van der Waals surface area contributed by atoms with Crippen molar-refractivity contribution in [1.82, 2.24) is 25.8 Å². The first-order valence-electron chi connectivity index (χ1n) is 11.9. The minimum absolute atomic E-state index is 0.150. The van der Waals surface area contributed by atoms with Crippen molar-refractivity contribution in [3.8, 4) is 0 Å². The van der Waals surface area contributed by atoms with Crippen LogP contribution in [-0.4, -0.2) is 27.6 Å². The third kappa shape index (κ3) is 5.92. The number of thiazole rings is 1. The number of dihydropyridines is 1. The monoisotopic (exact) mass is 573 g/mol. The van der Waals surface area contributed by atoms with Crippen molar-refractivity contribution in [3.05, 3.63) is 79.4 Å². The average Bonchev–Trinajstić information content (AvgIpc) is 3.45. The van der Waals surface area contributed by atoms with Gasteiger partial charge in [0.1, 0.15) is 10.8 Å². The first-order chi connectivity index (χ1) is 17.3. The molecule has 0 spiro atoms. The number of carbonyl (C=O) groups excluding carboxylic acids is 1. The summed E-state index contributed by atoms with van der Waals surface area (Å²) in [6.45, 7) is 8.39. The van der Waals surface area contributed by atoms with Crippen molar-refractivity contribution in [2.24, 2.45) is 5.92 Å². The summed E-state index contributed by atoms with van der Waals surface area (Å²) in [7, 11) is 0. The van der Waals surface area contributed by atoms with E-state index in [1.165, 1.54) is 23.5 Å². The summed E-state index contributed by atoms with van der Waals surface area (Å²) >= 11 is 5.01. The first kappa shape index (κ1) is 26.2. The summed E-state index contributed by atoms with van der Waals surface area (Å²) in [5.41, 5.74) is 4.12. The Morgan fingerprint density at radius 1 is 1.22 bits per heavy atom. The molecule has 0 bridgehead atoms. The predicted molar refractivity (Wildman–Crippen MR) is 142 cm³/mol. The highest BCUT2D eigenvalue weighted by Crippen LogP contribution is 2.46. The molecule has 0 saturated heterocycles. The number of amides is 1. The predicted octanol–water partition coefficient (Wildman–Crippen LogP) is 5.90. The Bertz CT molecular complexity index is 1300. The molecule has 2 aromatic heterocycles. The lowest BCUT2D eigenvalue weighted by molar-refractivity contribution is -0.117. The van der Waals surface area contributed by atoms with E-state index < -0.39 is 5.92 Å². The van der Waals surface area contributed by atoms with Crippen LogP contribution in [0.25, 0.3) is 5.57 Å². The van der Waals surface area contributed by atoms with Crippen LogP contribution in [0.4, 0.5) is 4.39 Å². The Balaban J connectivity index is 1.88. The van der Waals surface area contributed by atoms with Crippen LogP contribution in [0.15, 0.2) is 55.6 Å². The zero-order valence-corrected chi connectivity index (χ0v) is 23.1. The van der Waals surface area contributed by atoms with Gasteiger partial charge in [-0.2, -0.15) is 0 Å². The SMILES string of the molecule is CCNC(=O)C1=C(CC(C)C)NC(CCc2ccc(F)cc2)=C(c2nnc(C)o2)C1c1ncc(Br)s1. The fraction of sp³-hybridized carbons (Fsp3) is 0.385. The molecule has 1 aliphatic heterocycles. The van der Waals surface area contributed by atoms with Crippen LogP contribution in [0.2, 0.25) is 0 Å². The van der Waals surface area contributed by atoms with Crippen molar-refractivity contribution >= 4 is 38.7 Å². The molecular formula is C26H29BrFN5O2S. The Morgan fingerprint density at radius 3 is 2.56 bits per heavy atom. The van der Waals surface area contributed by atoms with Crippen LogP contribution >= 0.6 is 27.3 Å². The van der Waals surface area contributed by atoms with E-state index in [4.69, 9.17) is 4.42 Å². The number of aryl methyl sites for hydroxylation is 2. The molecule has 1 aromatic carbocycles. The second kappa shape index (κ2) is 11.5. The summed E-state index contributed by atoms with van der Waals surface area (Å²) in [4.78, 5) is 18.2. The number of hydrogen-bond donors (Lipinski definition) is 2. The van der Waals surface area contributed by atoms with Crippen LogP contribution in [0.1, 0.15) is 61.9 Å². The molecule has 1 unspecified atom stereocenters. The third-order valence-corrected chi connectivity index (χ3v) is 7.34. The van der Waals surface area contributed by atoms with Gasteiger partial charge in [-0.05, 0) is 65.7 Å². The normalized spacial score (nSPS) is 16.0. The summed E-state index contributed by atoms with van der Waals surface area (Å²) < 4.78 is 20.3. The van der Waals surface area contributed by atoms with Gasteiger partial charge >= 0.3 is 0 Å². The first-order valence-corrected chi connectivity index (χ1v) is 13.5. The van der Waals surface area contributed by atoms with E-state index in [1.807, 2.05) is 6.92 Å². The summed E-state index contributed by atoms with van der Waals surface area (Å²) in [5, 5.41) is 15.7. The van der Waals surface area contributed by atoms with Gasteiger partial charge in [0, 0.05) is 24.9 Å². The number of hydrogen-bond acceptors (Lipinski definition) is 7. The molecule has 7 nitrogen and oxygen atoms in total. The van der Waals surface area contributed by atoms with E-state index in [9.17, 15) is 9.18 Å². The maximum atomic E-state index is 13.5. The minimum Gasteiger partial charge on any atom is -0.421 e. The van der Waals surface area contributed by atoms with E-state index in [1.54, 1.807) is 25.3 Å². The highest BCUT2D eigenvalue weighted by Gasteiger charge is 2.39. The molecule has 1 amide bonds. The number of aromatic nitrogens is 3. The van der Waals surface area contributed by atoms with Gasteiger partial charge in [0.25, 0.3) is 0 Å². The zero-order valence-electron chi connectivity index (χ0n) is 20.7. The molecule has 3 heterocycles. The molecule has 190 valence electrons. The average molecular weight is 575 g/mol. The van der Waals surface area contributed by atoms with Crippen molar-refractivity contribution < 1.29 is 13.6 Å². The summed E-state index contributed by atoms with van der Waals surface area (Å²) in [5.74, 6) is 0.209. The molecule has 1 aliphatic rings. The Hall–Kier alpha value is -2.85. The Labute approximate surface area is 222 Å². The number of carbonyl (C=O) groups is 1. The summed E-state index contributed by atoms with van der Waals surface area (Å²) in [6, 6.07) is 6.51. The number of likely N-dealkylation sites (N-methyl/N-ethyl adjacent to an activating group) is 1. The lowest BCUT2D eigenvalue weighted by Crippen LogP contribution is -2.35. The second-order valence-corrected chi connectivity index (χ2v) is 11.5. The van der Waals surface area contributed by atoms with Gasteiger partial charge in [-0.1, -0.05) is 26.0 Å². The van der Waals surface area contributed by atoms with Crippen molar-refractivity contribution in [2.75, 3.05) is 6.54 Å². The lowest BCUT2D eigenvalue weighted by atomic mass is 9.82. The standard InChI is InChI=1S/C26H29BrFN5O2S/c1-5-29-24(34)21-19(12-14(2)3)31-18(11-8-16-6-9-17(28)10-7-16)22(25-33-32-15(4)35-25)23(21)26-30-13-20(27)36-26/h6-7,9-10,13-14,23,31H,5,8,11-12H2,1-4H3,(H,29,34). The molecule has 0 saturated carbocycles. The van der Waals surface area contributed by atoms with Crippen LogP contribution in [0.5, 0.6) is 0 Å². The molecule has 36 heavy (non-hydrogen) atoms. The van der Waals surface area contributed by atoms with Crippen LogP contribution in [0.3, 0.4) is 0 Å². The van der Waals surface area contributed by atoms with Crippen LogP contribution in [-0.2, 0) is 11.2 Å². The van der Waals surface area contributed by atoms with E-state index in [-0.39, 0.29) is 11.7 Å². The summed E-state index contributed by atoms with van der Waals surface area (Å²) in [6.07, 6.45) is 3.70. The molecule has 0 radical (unpaired) electrons. The van der Waals surface area contributed by atoms with E-state index in [0.717, 1.165) is 31.3 Å². The van der Waals surface area contributed by atoms with Crippen LogP contribution in [0, 0.1) is 18.7 Å². The van der Waals surface area contributed by atoms with Gasteiger partial charge in [0.2, 0.25) is 17.7 Å². The fourth-order valence-corrected chi connectivity index (χ4v) is 5.69. The second-order valence-electron chi connectivity index (χ2n) is 9.06. The highest BCUT2D eigenvalue weighted by atomic mass is 79.9. The molecular weight excluding hydrogens is 545 g/mol. The number of nitrogens with one attached hydrogen (secondary N) is 2. The Kier molecular flexibility index (Phi) is 8.35. The van der Waals surface area contributed by atoms with Gasteiger partial charge in [-0.25, -0.2) is 9.37 Å². The van der Waals surface area contributed by atoms with Gasteiger partial charge in [-0.3, -0.25) is 4.79 Å². The maximum absolute atomic E-state index is 13.5. The minimum atomic E-state index is -0.481. The van der Waals surface area contributed by atoms with Gasteiger partial charge in [0.15, 0.2) is 0 Å². The van der Waals surface area contributed by atoms with Gasteiger partial charge < -0.3 is 15.1 Å². The molecule has 0 fully saturated rings. The van der Waals surface area contributed by atoms with Crippen molar-refractivity contribution in [1.29, 1.82) is 0 Å². The fourth-order valence-electron chi connectivity index (χ4n) is 4.33. The molecule has 3 aromatic rings. The maximum Gasteiger partial charge on any atom is 0.250 e. The molecule has 10 heteroatoms. The number of nitrogens with zero attached hydrogens (tertiary/aromatic N) is 3. The lowest BCUT2D eigenvalue weighted by Gasteiger charge is -2.32. The molecule has 4 rings (SSSR count). The molecule has 1 atom stereocenters. The number of benzene rings is 1. The number of allylic oxidation sites excluding steroid dienone is 3. The molecule has 0 aliphatic carbocycles. The van der Waals surface area contributed by atoms with E-state index in [0.29, 0.717) is 49.1 Å². The number of rotatable bonds is 9. The highest BCUT2D eigenvalue weighted by molar-refractivity contribution is 9.11. The molecule has 2 N–H and O–H groups in total.